The van der Waals surface area contributed by atoms with Crippen LogP contribution in [0.15, 0.2) is 52.4 Å². The van der Waals surface area contributed by atoms with Gasteiger partial charge in [0.25, 0.3) is 11.5 Å². The molecule has 11 nitrogen and oxygen atoms in total. The monoisotopic (exact) mass is 504 g/mol. The summed E-state index contributed by atoms with van der Waals surface area (Å²) in [6.45, 7) is 0. The van der Waals surface area contributed by atoms with Gasteiger partial charge in [-0.05, 0) is 42.5 Å². The highest BCUT2D eigenvalue weighted by Gasteiger charge is 2.33. The summed E-state index contributed by atoms with van der Waals surface area (Å²) >= 11 is 11.8. The Morgan fingerprint density at radius 1 is 1.15 bits per heavy atom. The smallest absolute Gasteiger partial charge is 0.332 e. The summed E-state index contributed by atoms with van der Waals surface area (Å²) in [5, 5.41) is 7.08. The molecule has 1 heterocycles. The fourth-order valence-electron chi connectivity index (χ4n) is 2.99. The molecule has 0 aliphatic rings. The van der Waals surface area contributed by atoms with Gasteiger partial charge < -0.3 is 20.8 Å². The number of amides is 3. The van der Waals surface area contributed by atoms with Crippen LogP contribution < -0.4 is 22.0 Å². The number of halogens is 2. The molecular formula is C21H18Cl2N6O5. The third-order valence-corrected chi connectivity index (χ3v) is 5.05. The summed E-state index contributed by atoms with van der Waals surface area (Å²) in [7, 11) is 1.10. The molecular weight excluding hydrogens is 487 g/mol. The third kappa shape index (κ3) is 6.09. The molecule has 2 aromatic carbocycles. The molecule has 1 atom stereocenters. The van der Waals surface area contributed by atoms with Crippen LogP contribution in [-0.4, -0.2) is 40.7 Å². The van der Waals surface area contributed by atoms with Gasteiger partial charge in [0.15, 0.2) is 0 Å². The van der Waals surface area contributed by atoms with E-state index < -0.39 is 35.1 Å². The molecule has 0 saturated carbocycles. The minimum Gasteiger partial charge on any atom is -0.468 e. The van der Waals surface area contributed by atoms with Gasteiger partial charge >= 0.3 is 12.0 Å². The SMILES string of the molecule is COC(=O)[C@@H](Cc1nc2ccc(Cl)cc2[nH]c1=O)/C(=N\NC(N)=O)C(=O)Nc1ccc(Cl)cc1. The van der Waals surface area contributed by atoms with Crippen LogP contribution in [0.5, 0.6) is 0 Å². The first-order chi connectivity index (χ1) is 16.2. The lowest BCUT2D eigenvalue weighted by molar-refractivity contribution is -0.143. The summed E-state index contributed by atoms with van der Waals surface area (Å²) in [4.78, 5) is 56.4. The first kappa shape index (κ1) is 24.7. The van der Waals surface area contributed by atoms with Crippen LogP contribution in [0.4, 0.5) is 10.5 Å². The fraction of sp³-hybridized carbons (Fsp3) is 0.143. The number of benzene rings is 2. The zero-order valence-electron chi connectivity index (χ0n) is 17.6. The van der Waals surface area contributed by atoms with E-state index in [0.29, 0.717) is 26.8 Å². The summed E-state index contributed by atoms with van der Waals surface area (Å²) in [5.41, 5.74) is 7.00. The van der Waals surface area contributed by atoms with Crippen molar-refractivity contribution < 1.29 is 19.1 Å². The number of urea groups is 1. The van der Waals surface area contributed by atoms with E-state index in [2.05, 4.69) is 20.4 Å². The number of nitrogens with two attached hydrogens (primary N) is 1. The maximum absolute atomic E-state index is 13.0. The molecule has 0 aliphatic heterocycles. The number of nitrogens with zero attached hydrogens (tertiary/aromatic N) is 2. The number of rotatable bonds is 7. The number of fused-ring (bicyclic) bond motifs is 1. The second-order valence-corrected chi connectivity index (χ2v) is 7.76. The summed E-state index contributed by atoms with van der Waals surface area (Å²) in [5.74, 6) is -3.16. The number of H-pyrrole nitrogens is 1. The van der Waals surface area contributed by atoms with Crippen molar-refractivity contribution in [2.75, 3.05) is 12.4 Å². The van der Waals surface area contributed by atoms with E-state index in [1.807, 2.05) is 5.43 Å². The van der Waals surface area contributed by atoms with Crippen LogP contribution in [0.1, 0.15) is 5.69 Å². The molecule has 13 heteroatoms. The Morgan fingerprint density at radius 2 is 1.82 bits per heavy atom. The predicted molar refractivity (Wildman–Crippen MR) is 127 cm³/mol. The lowest BCUT2D eigenvalue weighted by atomic mass is 9.96. The first-order valence-corrected chi connectivity index (χ1v) is 10.4. The van der Waals surface area contributed by atoms with Gasteiger partial charge in [-0.25, -0.2) is 15.2 Å². The average molecular weight is 505 g/mol. The Bertz CT molecular complexity index is 1340. The molecule has 34 heavy (non-hydrogen) atoms. The molecule has 3 aromatic rings. The van der Waals surface area contributed by atoms with Crippen LogP contribution in [0.2, 0.25) is 10.0 Å². The zero-order chi connectivity index (χ0) is 24.8. The Kier molecular flexibility index (Phi) is 7.82. The van der Waals surface area contributed by atoms with Crippen molar-refractivity contribution in [3.63, 3.8) is 0 Å². The highest BCUT2D eigenvalue weighted by Crippen LogP contribution is 2.18. The highest BCUT2D eigenvalue weighted by atomic mass is 35.5. The number of carbonyl (C=O) groups excluding carboxylic acids is 3. The van der Waals surface area contributed by atoms with Crippen molar-refractivity contribution in [2.24, 2.45) is 16.8 Å². The topological polar surface area (TPSA) is 169 Å². The molecule has 5 N–H and O–H groups in total. The van der Waals surface area contributed by atoms with Crippen molar-refractivity contribution in [1.29, 1.82) is 0 Å². The van der Waals surface area contributed by atoms with Crippen molar-refractivity contribution >= 4 is 63.5 Å². The summed E-state index contributed by atoms with van der Waals surface area (Å²) in [6.07, 6.45) is -0.367. The zero-order valence-corrected chi connectivity index (χ0v) is 19.1. The number of ether oxygens (including phenoxy) is 1. The first-order valence-electron chi connectivity index (χ1n) is 9.64. The molecule has 0 radical (unpaired) electrons. The second-order valence-electron chi connectivity index (χ2n) is 6.89. The maximum atomic E-state index is 13.0. The van der Waals surface area contributed by atoms with Crippen molar-refractivity contribution in [1.82, 2.24) is 15.4 Å². The quantitative estimate of drug-likeness (QED) is 0.218. The van der Waals surface area contributed by atoms with E-state index >= 15 is 0 Å². The molecule has 0 aliphatic carbocycles. The molecule has 3 rings (SSSR count). The van der Waals surface area contributed by atoms with Gasteiger partial charge in [-0.15, -0.1) is 0 Å². The lowest BCUT2D eigenvalue weighted by Gasteiger charge is -2.17. The van der Waals surface area contributed by atoms with E-state index in [0.717, 1.165) is 7.11 Å². The molecule has 0 saturated heterocycles. The van der Waals surface area contributed by atoms with E-state index in [1.54, 1.807) is 12.1 Å². The number of hydrogen-bond donors (Lipinski definition) is 4. The Labute approximate surface area is 202 Å². The van der Waals surface area contributed by atoms with Crippen LogP contribution >= 0.6 is 23.2 Å². The van der Waals surface area contributed by atoms with Crippen molar-refractivity contribution in [3.8, 4) is 0 Å². The molecule has 1 aromatic heterocycles. The largest absolute Gasteiger partial charge is 0.468 e. The number of aromatic nitrogens is 2. The summed E-state index contributed by atoms with van der Waals surface area (Å²) < 4.78 is 4.81. The normalized spacial score (nSPS) is 12.1. The number of primary amides is 1. The van der Waals surface area contributed by atoms with Crippen LogP contribution in [0, 0.1) is 5.92 Å². The van der Waals surface area contributed by atoms with Gasteiger partial charge in [-0.3, -0.25) is 14.4 Å². The molecule has 0 bridgehead atoms. The molecule has 0 unspecified atom stereocenters. The highest BCUT2D eigenvalue weighted by molar-refractivity contribution is 6.46. The number of hydrazone groups is 1. The lowest BCUT2D eigenvalue weighted by Crippen LogP contribution is -2.40. The number of aromatic amines is 1. The van der Waals surface area contributed by atoms with E-state index in [9.17, 15) is 19.2 Å². The molecule has 0 spiro atoms. The predicted octanol–water partition coefficient (Wildman–Crippen LogP) is 2.22. The van der Waals surface area contributed by atoms with Gasteiger partial charge in [-0.2, -0.15) is 5.10 Å². The van der Waals surface area contributed by atoms with Crippen LogP contribution in [-0.2, 0) is 20.7 Å². The number of hydrogen-bond acceptors (Lipinski definition) is 7. The third-order valence-electron chi connectivity index (χ3n) is 4.56. The van der Waals surface area contributed by atoms with Crippen molar-refractivity contribution in [3.05, 3.63) is 68.6 Å². The number of anilines is 1. The van der Waals surface area contributed by atoms with E-state index in [-0.39, 0.29) is 12.1 Å². The van der Waals surface area contributed by atoms with Crippen LogP contribution in [0.25, 0.3) is 11.0 Å². The van der Waals surface area contributed by atoms with Gasteiger partial charge in [0.05, 0.1) is 18.1 Å². The molecule has 3 amide bonds. The number of carbonyl (C=O) groups is 3. The Hall–Kier alpha value is -3.96. The maximum Gasteiger partial charge on any atom is 0.332 e. The average Bonchev–Trinajstić information content (AvgIpc) is 2.79. The Balaban J connectivity index is 2.01. The minimum absolute atomic E-state index is 0.0729. The van der Waals surface area contributed by atoms with Gasteiger partial charge in [0.2, 0.25) is 0 Å². The Morgan fingerprint density at radius 3 is 2.47 bits per heavy atom. The van der Waals surface area contributed by atoms with Gasteiger partial charge in [0, 0.05) is 22.2 Å². The van der Waals surface area contributed by atoms with Crippen molar-refractivity contribution in [2.45, 2.75) is 6.42 Å². The van der Waals surface area contributed by atoms with Gasteiger partial charge in [0.1, 0.15) is 17.3 Å². The molecule has 0 fully saturated rings. The standard InChI is InChI=1S/C21H18Cl2N6O5/c1-34-20(32)13(9-16-18(30)27-15-8-11(23)4-7-14(15)26-16)17(28-29-21(24)33)19(31)25-12-5-2-10(22)3-6-12/h2-8,13H,9H2,1H3,(H,25,31)(H,27,30)(H3,24,29,33)/b28-17+/t13-/m0/s1. The minimum atomic E-state index is -1.41. The number of esters is 1. The second kappa shape index (κ2) is 10.8. The molecule has 176 valence electrons. The number of methoxy groups -OCH3 is 1. The van der Waals surface area contributed by atoms with E-state index in [1.165, 1.54) is 30.3 Å². The van der Waals surface area contributed by atoms with Crippen LogP contribution in [0.3, 0.4) is 0 Å². The van der Waals surface area contributed by atoms with Gasteiger partial charge in [-0.1, -0.05) is 23.2 Å². The van der Waals surface area contributed by atoms with E-state index in [4.69, 9.17) is 33.7 Å². The number of nitrogens with one attached hydrogen (secondary N) is 3. The fourth-order valence-corrected chi connectivity index (χ4v) is 3.29. The summed E-state index contributed by atoms with van der Waals surface area (Å²) in [6, 6.07) is 9.74.